The highest BCUT2D eigenvalue weighted by atomic mass is 19.2. The Morgan fingerprint density at radius 1 is 1.14 bits per heavy atom. The minimum atomic E-state index is -0.931. The van der Waals surface area contributed by atoms with E-state index in [1.807, 2.05) is 42.5 Å². The Morgan fingerprint density at radius 2 is 1.96 bits per heavy atom. The van der Waals surface area contributed by atoms with Crippen LogP contribution >= 0.6 is 0 Å². The molecule has 250 valence electrons. The third-order valence-electron chi connectivity index (χ3n) is 10.2. The minimum Gasteiger partial charge on any atom is -0.457 e. The number of allylic oxidation sites excluding steroid dienone is 3. The van der Waals surface area contributed by atoms with Gasteiger partial charge < -0.3 is 29.4 Å². The number of halogens is 2. The molecule has 0 bridgehead atoms. The Hall–Kier alpha value is -5.29. The molecule has 2 N–H and O–H groups in total. The fourth-order valence-electron chi connectivity index (χ4n) is 7.91. The topological polar surface area (TPSA) is 95.5 Å². The number of ether oxygens (including phenoxy) is 1. The van der Waals surface area contributed by atoms with Gasteiger partial charge in [0.15, 0.2) is 11.6 Å². The summed E-state index contributed by atoms with van der Waals surface area (Å²) in [5.41, 5.74) is 5.16. The van der Waals surface area contributed by atoms with Crippen molar-refractivity contribution in [2.75, 3.05) is 39.0 Å². The average molecular weight is 663 g/mol. The zero-order valence-electron chi connectivity index (χ0n) is 27.5. The number of anilines is 1. The Morgan fingerprint density at radius 3 is 2.76 bits per heavy atom. The van der Waals surface area contributed by atoms with Crippen molar-refractivity contribution in [3.05, 3.63) is 117 Å². The number of aromatic nitrogens is 3. The highest BCUT2D eigenvalue weighted by molar-refractivity contribution is 6.08. The van der Waals surface area contributed by atoms with Gasteiger partial charge in [0.1, 0.15) is 17.8 Å². The third kappa shape index (κ3) is 5.11. The maximum absolute atomic E-state index is 16.0. The minimum absolute atomic E-state index is 0.0345. The van der Waals surface area contributed by atoms with Gasteiger partial charge >= 0.3 is 5.97 Å². The number of nitrogens with one attached hydrogen (secondary N) is 2. The normalized spacial score (nSPS) is 19.1. The van der Waals surface area contributed by atoms with Gasteiger partial charge in [0, 0.05) is 87.0 Å². The summed E-state index contributed by atoms with van der Waals surface area (Å²) in [7, 11) is 5.52. The van der Waals surface area contributed by atoms with Crippen LogP contribution in [0.1, 0.15) is 39.2 Å². The summed E-state index contributed by atoms with van der Waals surface area (Å²) in [6.07, 6.45) is 8.58. The highest BCUT2D eigenvalue weighted by Gasteiger charge is 2.43. The van der Waals surface area contributed by atoms with Crippen LogP contribution < -0.4 is 10.7 Å². The van der Waals surface area contributed by atoms with Gasteiger partial charge in [-0.25, -0.2) is 18.6 Å². The standard InChI is InChI=1S/C38H36F2N6O3/c1-41-29-15-27(39)33(40)32-31-28(43-34(29)32)11-7-10-24(35(31)46-13-12-22-17-44(2)19-30(22)46)23-14-25-36(47)26(18-45(3)37(25)42-16-23)38(48)49-20-21-8-5-4-6-9-21/h4-10,14-16,18,22,30,41,43H,11-13,17,19-20H2,1-3H3/t22-,30+/m1/s1. The summed E-state index contributed by atoms with van der Waals surface area (Å²) in [6, 6.07) is 12.4. The van der Waals surface area contributed by atoms with E-state index in [9.17, 15) is 9.59 Å². The van der Waals surface area contributed by atoms with Crippen LogP contribution in [0.25, 0.3) is 33.2 Å². The molecular weight excluding hydrogens is 626 g/mol. The van der Waals surface area contributed by atoms with E-state index in [-0.39, 0.29) is 29.0 Å². The van der Waals surface area contributed by atoms with Crippen LogP contribution in [0.4, 0.5) is 14.5 Å². The van der Waals surface area contributed by atoms with Gasteiger partial charge in [-0.05, 0) is 31.0 Å². The Balaban J connectivity index is 1.33. The van der Waals surface area contributed by atoms with Crippen molar-refractivity contribution in [2.24, 2.45) is 13.0 Å². The number of nitrogens with zero attached hydrogens (tertiary/aromatic N) is 4. The number of pyridine rings is 2. The summed E-state index contributed by atoms with van der Waals surface area (Å²) < 4.78 is 38.3. The van der Waals surface area contributed by atoms with Crippen LogP contribution in [-0.2, 0) is 24.8 Å². The van der Waals surface area contributed by atoms with E-state index in [1.54, 1.807) is 30.9 Å². The number of carbonyl (C=O) groups is 1. The molecule has 9 nitrogen and oxygen atoms in total. The van der Waals surface area contributed by atoms with Crippen LogP contribution in [0, 0.1) is 17.6 Å². The van der Waals surface area contributed by atoms with Gasteiger partial charge in [0.25, 0.3) is 0 Å². The first-order valence-electron chi connectivity index (χ1n) is 16.5. The van der Waals surface area contributed by atoms with E-state index in [1.165, 1.54) is 12.3 Å². The van der Waals surface area contributed by atoms with Crippen molar-refractivity contribution in [3.8, 4) is 0 Å². The maximum atomic E-state index is 16.0. The van der Waals surface area contributed by atoms with Crippen molar-refractivity contribution in [1.29, 1.82) is 0 Å². The predicted molar refractivity (Wildman–Crippen MR) is 186 cm³/mol. The predicted octanol–water partition coefficient (Wildman–Crippen LogP) is 5.71. The molecule has 2 aromatic carbocycles. The molecule has 0 amide bonds. The molecule has 5 aromatic rings. The molecule has 2 aliphatic heterocycles. The molecule has 0 spiro atoms. The van der Waals surface area contributed by atoms with E-state index in [2.05, 4.69) is 27.1 Å². The van der Waals surface area contributed by atoms with Gasteiger partial charge in [0.2, 0.25) is 5.43 Å². The number of aryl methyl sites for hydroxylation is 1. The molecular formula is C38H36F2N6O3. The lowest BCUT2D eigenvalue weighted by atomic mass is 9.96. The molecule has 3 aromatic heterocycles. The molecule has 0 saturated carbocycles. The summed E-state index contributed by atoms with van der Waals surface area (Å²) in [4.78, 5) is 39.9. The molecule has 2 saturated heterocycles. The highest BCUT2D eigenvalue weighted by Crippen LogP contribution is 2.46. The van der Waals surface area contributed by atoms with Gasteiger partial charge in [0.05, 0.1) is 27.7 Å². The summed E-state index contributed by atoms with van der Waals surface area (Å²) in [5.74, 6) is -2.13. The Labute approximate surface area is 281 Å². The van der Waals surface area contributed by atoms with Crippen molar-refractivity contribution in [3.63, 3.8) is 0 Å². The first-order chi connectivity index (χ1) is 23.7. The summed E-state index contributed by atoms with van der Waals surface area (Å²) in [5, 5.41) is 3.47. The van der Waals surface area contributed by atoms with Gasteiger partial charge in [-0.3, -0.25) is 4.79 Å². The molecule has 2 atom stereocenters. The second kappa shape index (κ2) is 12.0. The molecule has 5 heterocycles. The number of rotatable bonds is 6. The number of hydrogen-bond acceptors (Lipinski definition) is 7. The van der Waals surface area contributed by atoms with Crippen LogP contribution in [0.15, 0.2) is 71.8 Å². The van der Waals surface area contributed by atoms with Crippen molar-refractivity contribution in [1.82, 2.24) is 24.3 Å². The van der Waals surface area contributed by atoms with Gasteiger partial charge in [-0.2, -0.15) is 0 Å². The Kier molecular flexibility index (Phi) is 7.59. The molecule has 11 heteroatoms. The number of hydrogen-bond donors (Lipinski definition) is 2. The average Bonchev–Trinajstić information content (AvgIpc) is 3.75. The molecule has 0 unspecified atom stereocenters. The lowest BCUT2D eigenvalue weighted by Gasteiger charge is -2.31. The lowest BCUT2D eigenvalue weighted by Crippen LogP contribution is -2.34. The number of fused-ring (bicyclic) bond motifs is 5. The van der Waals surface area contributed by atoms with Crippen molar-refractivity contribution >= 4 is 44.9 Å². The van der Waals surface area contributed by atoms with E-state index in [4.69, 9.17) is 9.72 Å². The van der Waals surface area contributed by atoms with Crippen molar-refractivity contribution < 1.29 is 18.3 Å². The second-order valence-electron chi connectivity index (χ2n) is 13.2. The van der Waals surface area contributed by atoms with E-state index in [0.29, 0.717) is 40.3 Å². The molecule has 3 aliphatic rings. The van der Waals surface area contributed by atoms with Gasteiger partial charge in [-0.15, -0.1) is 0 Å². The Bertz CT molecular complexity index is 2270. The van der Waals surface area contributed by atoms with Crippen LogP contribution in [0.5, 0.6) is 0 Å². The van der Waals surface area contributed by atoms with Gasteiger partial charge in [-0.1, -0.05) is 42.5 Å². The van der Waals surface area contributed by atoms with E-state index < -0.39 is 23.0 Å². The zero-order valence-corrected chi connectivity index (χ0v) is 27.5. The van der Waals surface area contributed by atoms with Crippen molar-refractivity contribution in [2.45, 2.75) is 25.5 Å². The number of esters is 1. The monoisotopic (exact) mass is 662 g/mol. The SMILES string of the molecule is CNc1cc(F)c(F)c2c3c([nH]c12)CC=CC(c1cnc2c(c1)c(=O)c(C(=O)OCc1ccccc1)cn2C)=C3N1CC[C@@H]2CN(C)C[C@@H]21. The van der Waals surface area contributed by atoms with E-state index in [0.717, 1.165) is 48.6 Å². The third-order valence-corrected chi connectivity index (χ3v) is 10.2. The summed E-state index contributed by atoms with van der Waals surface area (Å²) >= 11 is 0. The first kappa shape index (κ1) is 31.0. The molecule has 1 aliphatic carbocycles. The van der Waals surface area contributed by atoms with E-state index >= 15 is 8.78 Å². The van der Waals surface area contributed by atoms with Crippen LogP contribution in [0.2, 0.25) is 0 Å². The molecule has 0 radical (unpaired) electrons. The van der Waals surface area contributed by atoms with Crippen LogP contribution in [0.3, 0.4) is 0 Å². The number of likely N-dealkylation sites (N-methyl/N-ethyl adjacent to an activating group) is 1. The number of H-pyrrole nitrogens is 1. The largest absolute Gasteiger partial charge is 0.457 e. The molecule has 2 fully saturated rings. The smallest absolute Gasteiger partial charge is 0.344 e. The number of carbonyl (C=O) groups excluding carboxylic acids is 1. The molecule has 8 rings (SSSR count). The number of aromatic amines is 1. The lowest BCUT2D eigenvalue weighted by molar-refractivity contribution is 0.0470. The molecule has 49 heavy (non-hydrogen) atoms. The number of benzene rings is 2. The maximum Gasteiger partial charge on any atom is 0.344 e. The van der Waals surface area contributed by atoms with Crippen LogP contribution in [-0.4, -0.2) is 70.1 Å². The fourth-order valence-corrected chi connectivity index (χ4v) is 7.91. The fraction of sp³-hybridized carbons (Fsp3) is 0.289. The quantitative estimate of drug-likeness (QED) is 0.225. The summed E-state index contributed by atoms with van der Waals surface area (Å²) in [6.45, 7) is 2.58. The second-order valence-corrected chi connectivity index (χ2v) is 13.2. The first-order valence-corrected chi connectivity index (χ1v) is 16.5. The zero-order chi connectivity index (χ0) is 34.0. The number of likely N-dealkylation sites (tertiary alicyclic amines) is 2.